The average molecular weight is 439 g/mol. The van der Waals surface area contributed by atoms with Crippen LogP contribution in [0.4, 0.5) is 11.4 Å². The number of carbonyl (C=O) groups is 2. The van der Waals surface area contributed by atoms with Crippen LogP contribution in [0.5, 0.6) is 0 Å². The monoisotopic (exact) mass is 438 g/mol. The van der Waals surface area contributed by atoms with E-state index in [0.29, 0.717) is 16.9 Å². The van der Waals surface area contributed by atoms with Crippen molar-refractivity contribution in [2.75, 3.05) is 16.6 Å². The van der Waals surface area contributed by atoms with E-state index in [0.717, 1.165) is 5.56 Å². The first kappa shape index (κ1) is 22.0. The Morgan fingerprint density at radius 3 is 2.19 bits per heavy atom. The summed E-state index contributed by atoms with van der Waals surface area (Å²) in [4.78, 5) is 24.8. The molecule has 2 N–H and O–H groups in total. The second-order valence-corrected chi connectivity index (χ2v) is 8.40. The lowest BCUT2D eigenvalue weighted by Gasteiger charge is -2.11. The molecule has 0 unspecified atom stereocenters. The maximum atomic E-state index is 12.6. The third kappa shape index (κ3) is 5.49. The summed E-state index contributed by atoms with van der Waals surface area (Å²) in [5, 5.41) is 2.69. The number of para-hydroxylation sites is 1. The Kier molecular flexibility index (Phi) is 6.71. The molecule has 7 nitrogen and oxygen atoms in total. The maximum absolute atomic E-state index is 12.6. The zero-order valence-corrected chi connectivity index (χ0v) is 17.9. The fourth-order valence-corrected chi connectivity index (χ4v) is 3.85. The van der Waals surface area contributed by atoms with E-state index < -0.39 is 21.9 Å². The number of benzene rings is 3. The number of nitrogens with one attached hydrogen (secondary N) is 2. The van der Waals surface area contributed by atoms with Crippen LogP contribution in [0.15, 0.2) is 77.7 Å². The number of rotatable bonds is 7. The molecule has 0 aromatic heterocycles. The molecule has 0 aliphatic carbocycles. The fraction of sp³-hybridized carbons (Fsp3) is 0.130. The van der Waals surface area contributed by atoms with Gasteiger partial charge in [0.2, 0.25) is 0 Å². The van der Waals surface area contributed by atoms with Crippen molar-refractivity contribution >= 4 is 33.3 Å². The lowest BCUT2D eigenvalue weighted by Crippen LogP contribution is -2.16. The summed E-state index contributed by atoms with van der Waals surface area (Å²) in [6.07, 6.45) is 0. The number of carbonyl (C=O) groups excluding carboxylic acids is 2. The fourth-order valence-electron chi connectivity index (χ4n) is 2.79. The second-order valence-electron chi connectivity index (χ2n) is 6.72. The zero-order chi connectivity index (χ0) is 22.4. The molecule has 31 heavy (non-hydrogen) atoms. The van der Waals surface area contributed by atoms with E-state index in [-0.39, 0.29) is 17.1 Å². The Morgan fingerprint density at radius 2 is 1.55 bits per heavy atom. The molecule has 1 amide bonds. The average Bonchev–Trinajstić information content (AvgIpc) is 2.75. The quantitative estimate of drug-likeness (QED) is 0.538. The zero-order valence-electron chi connectivity index (χ0n) is 17.1. The molecule has 0 aliphatic heterocycles. The molecule has 0 spiro atoms. The van der Waals surface area contributed by atoms with Crippen molar-refractivity contribution in [2.45, 2.75) is 18.7 Å². The van der Waals surface area contributed by atoms with Gasteiger partial charge in [-0.15, -0.1) is 0 Å². The molecule has 8 heteroatoms. The van der Waals surface area contributed by atoms with E-state index >= 15 is 0 Å². The second kappa shape index (κ2) is 9.44. The van der Waals surface area contributed by atoms with Crippen molar-refractivity contribution in [3.8, 4) is 0 Å². The highest BCUT2D eigenvalue weighted by atomic mass is 32.2. The van der Waals surface area contributed by atoms with E-state index in [2.05, 4.69) is 10.0 Å². The number of ether oxygens (including phenoxy) is 1. The van der Waals surface area contributed by atoms with E-state index in [4.69, 9.17) is 4.74 Å². The molecule has 0 saturated heterocycles. The maximum Gasteiger partial charge on any atom is 0.340 e. The first-order valence-electron chi connectivity index (χ1n) is 9.57. The summed E-state index contributed by atoms with van der Waals surface area (Å²) < 4.78 is 32.5. The lowest BCUT2D eigenvalue weighted by molar-refractivity contribution is 0.0527. The van der Waals surface area contributed by atoms with Crippen LogP contribution < -0.4 is 10.0 Å². The van der Waals surface area contributed by atoms with Gasteiger partial charge in [0.25, 0.3) is 15.9 Å². The molecule has 0 atom stereocenters. The number of sulfonamides is 1. The van der Waals surface area contributed by atoms with Crippen molar-refractivity contribution < 1.29 is 22.7 Å². The van der Waals surface area contributed by atoms with Gasteiger partial charge in [-0.1, -0.05) is 29.8 Å². The molecule has 0 bridgehead atoms. The first-order chi connectivity index (χ1) is 14.8. The number of anilines is 2. The van der Waals surface area contributed by atoms with Gasteiger partial charge in [0.1, 0.15) is 0 Å². The Bertz CT molecular complexity index is 1190. The number of hydrogen-bond acceptors (Lipinski definition) is 5. The highest BCUT2D eigenvalue weighted by Gasteiger charge is 2.16. The molecular weight excluding hydrogens is 416 g/mol. The van der Waals surface area contributed by atoms with Crippen LogP contribution in [-0.2, 0) is 14.8 Å². The highest BCUT2D eigenvalue weighted by Crippen LogP contribution is 2.20. The number of hydrogen-bond donors (Lipinski definition) is 2. The smallest absolute Gasteiger partial charge is 0.340 e. The van der Waals surface area contributed by atoms with Gasteiger partial charge in [-0.3, -0.25) is 9.52 Å². The molecule has 0 radical (unpaired) electrons. The molecule has 160 valence electrons. The van der Waals surface area contributed by atoms with Crippen LogP contribution in [0.1, 0.15) is 33.2 Å². The SMILES string of the molecule is CCOC(=O)c1ccccc1NC(=O)c1ccc(NS(=O)(=O)c2ccc(C)cc2)cc1. The third-order valence-corrected chi connectivity index (χ3v) is 5.80. The van der Waals surface area contributed by atoms with Gasteiger partial charge in [0.05, 0.1) is 22.8 Å². The minimum atomic E-state index is -3.73. The number of aryl methyl sites for hydroxylation is 1. The van der Waals surface area contributed by atoms with Gasteiger partial charge in [-0.25, -0.2) is 13.2 Å². The van der Waals surface area contributed by atoms with Crippen LogP contribution in [0, 0.1) is 6.92 Å². The standard InChI is InChI=1S/C23H22N2O5S/c1-3-30-23(27)20-6-4-5-7-21(20)24-22(26)17-10-12-18(13-11-17)25-31(28,29)19-14-8-16(2)9-15-19/h4-15,25H,3H2,1-2H3,(H,24,26). The largest absolute Gasteiger partial charge is 0.462 e. The van der Waals surface area contributed by atoms with E-state index in [1.165, 1.54) is 36.4 Å². The summed E-state index contributed by atoms with van der Waals surface area (Å²) in [5.41, 5.74) is 2.16. The van der Waals surface area contributed by atoms with Gasteiger partial charge in [-0.05, 0) is 62.4 Å². The van der Waals surface area contributed by atoms with Crippen molar-refractivity contribution in [1.82, 2.24) is 0 Å². The van der Waals surface area contributed by atoms with Crippen LogP contribution in [0.25, 0.3) is 0 Å². The minimum absolute atomic E-state index is 0.149. The van der Waals surface area contributed by atoms with Gasteiger partial charge in [-0.2, -0.15) is 0 Å². The molecule has 3 aromatic rings. The molecule has 0 heterocycles. The molecule has 0 aliphatic rings. The van der Waals surface area contributed by atoms with E-state index in [1.807, 2.05) is 6.92 Å². The van der Waals surface area contributed by atoms with Crippen LogP contribution in [-0.4, -0.2) is 26.9 Å². The van der Waals surface area contributed by atoms with E-state index in [1.54, 1.807) is 43.3 Å². The Labute approximate surface area is 181 Å². The highest BCUT2D eigenvalue weighted by molar-refractivity contribution is 7.92. The van der Waals surface area contributed by atoms with Crippen molar-refractivity contribution in [3.63, 3.8) is 0 Å². The summed E-state index contributed by atoms with van der Waals surface area (Å²) in [5.74, 6) is -0.969. The van der Waals surface area contributed by atoms with Crippen LogP contribution >= 0.6 is 0 Å². The first-order valence-corrected chi connectivity index (χ1v) is 11.1. The van der Waals surface area contributed by atoms with Crippen molar-refractivity contribution in [2.24, 2.45) is 0 Å². The molecule has 0 saturated carbocycles. The van der Waals surface area contributed by atoms with Gasteiger partial charge >= 0.3 is 5.97 Å². The Balaban J connectivity index is 1.73. The Hall–Kier alpha value is -3.65. The van der Waals surface area contributed by atoms with Crippen molar-refractivity contribution in [3.05, 3.63) is 89.5 Å². The summed E-state index contributed by atoms with van der Waals surface area (Å²) in [6, 6.07) is 19.0. The van der Waals surface area contributed by atoms with E-state index in [9.17, 15) is 18.0 Å². The summed E-state index contributed by atoms with van der Waals surface area (Å²) >= 11 is 0. The summed E-state index contributed by atoms with van der Waals surface area (Å²) in [7, 11) is -3.73. The lowest BCUT2D eigenvalue weighted by atomic mass is 10.1. The normalized spacial score (nSPS) is 10.9. The summed E-state index contributed by atoms with van der Waals surface area (Å²) in [6.45, 7) is 3.80. The third-order valence-electron chi connectivity index (χ3n) is 4.40. The molecular formula is C23H22N2O5S. The van der Waals surface area contributed by atoms with Gasteiger partial charge in [0, 0.05) is 11.3 Å². The number of amides is 1. The van der Waals surface area contributed by atoms with Gasteiger partial charge in [0.15, 0.2) is 0 Å². The minimum Gasteiger partial charge on any atom is -0.462 e. The van der Waals surface area contributed by atoms with Crippen LogP contribution in [0.3, 0.4) is 0 Å². The molecule has 3 rings (SSSR count). The topological polar surface area (TPSA) is 102 Å². The van der Waals surface area contributed by atoms with Gasteiger partial charge < -0.3 is 10.1 Å². The predicted molar refractivity (Wildman–Crippen MR) is 119 cm³/mol. The molecule has 0 fully saturated rings. The predicted octanol–water partition coefficient (Wildman–Crippen LogP) is 4.22. The Morgan fingerprint density at radius 1 is 0.903 bits per heavy atom. The van der Waals surface area contributed by atoms with Crippen molar-refractivity contribution in [1.29, 1.82) is 0 Å². The number of esters is 1. The molecule has 3 aromatic carbocycles. The van der Waals surface area contributed by atoms with Crippen LogP contribution in [0.2, 0.25) is 0 Å².